The Balaban J connectivity index is 2.49. The third-order valence-corrected chi connectivity index (χ3v) is 3.31. The molecule has 0 aromatic carbocycles. The largest absolute Gasteiger partial charge is 0.380 e. The molecule has 1 rings (SSSR count). The van der Waals surface area contributed by atoms with E-state index in [2.05, 4.69) is 22.1 Å². The lowest BCUT2D eigenvalue weighted by atomic mass is 10.5. The van der Waals surface area contributed by atoms with Crippen LogP contribution in [-0.2, 0) is 11.3 Å². The molecule has 0 radical (unpaired) electrons. The lowest BCUT2D eigenvalue weighted by molar-refractivity contribution is 0.154. The number of likely N-dealkylation sites (N-methyl/N-ethyl adjacent to an activating group) is 1. The molecule has 4 nitrogen and oxygen atoms in total. The highest BCUT2D eigenvalue weighted by atomic mass is 32.1. The van der Waals surface area contributed by atoms with E-state index in [4.69, 9.17) is 4.74 Å². The van der Waals surface area contributed by atoms with Gasteiger partial charge in [0.15, 0.2) is 5.13 Å². The van der Waals surface area contributed by atoms with Gasteiger partial charge in [-0.25, -0.2) is 4.98 Å². The summed E-state index contributed by atoms with van der Waals surface area (Å²) in [4.78, 5) is 7.95. The van der Waals surface area contributed by atoms with Gasteiger partial charge < -0.3 is 15.0 Å². The van der Waals surface area contributed by atoms with E-state index in [0.29, 0.717) is 0 Å². The van der Waals surface area contributed by atoms with Crippen LogP contribution in [0, 0.1) is 0 Å². The average molecular weight is 243 g/mol. The monoisotopic (exact) mass is 243 g/mol. The van der Waals surface area contributed by atoms with Gasteiger partial charge in [0, 0.05) is 37.3 Å². The first-order valence-electron chi connectivity index (χ1n) is 5.73. The van der Waals surface area contributed by atoms with Gasteiger partial charge in [-0.1, -0.05) is 0 Å². The Hall–Kier alpha value is -0.650. The fraction of sp³-hybridized carbons (Fsp3) is 0.727. The first-order chi connectivity index (χ1) is 7.81. The van der Waals surface area contributed by atoms with E-state index in [-0.39, 0.29) is 0 Å². The van der Waals surface area contributed by atoms with E-state index in [1.165, 1.54) is 4.88 Å². The van der Waals surface area contributed by atoms with Crippen LogP contribution in [0.1, 0.15) is 18.7 Å². The Labute approximate surface area is 102 Å². The quantitative estimate of drug-likeness (QED) is 0.706. The Morgan fingerprint density at radius 2 is 2.31 bits per heavy atom. The topological polar surface area (TPSA) is 37.4 Å². The maximum absolute atomic E-state index is 5.36. The standard InChI is InChI=1S/C11H21N3OS/c1-4-14(6-7-15-5-2)11-13-9-10(16-11)8-12-3/h9,12H,4-8H2,1-3H3. The maximum atomic E-state index is 5.36. The summed E-state index contributed by atoms with van der Waals surface area (Å²) in [5.74, 6) is 0. The number of hydrogen-bond acceptors (Lipinski definition) is 5. The van der Waals surface area contributed by atoms with Crippen molar-refractivity contribution in [3.8, 4) is 0 Å². The fourth-order valence-electron chi connectivity index (χ4n) is 1.41. The number of thiazole rings is 1. The number of anilines is 1. The van der Waals surface area contributed by atoms with Crippen molar-refractivity contribution in [1.29, 1.82) is 0 Å². The predicted octanol–water partition coefficient (Wildman–Crippen LogP) is 1.73. The molecule has 0 atom stereocenters. The Bertz CT molecular complexity index is 291. The summed E-state index contributed by atoms with van der Waals surface area (Å²) >= 11 is 1.74. The van der Waals surface area contributed by atoms with Crippen molar-refractivity contribution >= 4 is 16.5 Å². The third-order valence-electron chi connectivity index (χ3n) is 2.25. The number of nitrogens with zero attached hydrogens (tertiary/aromatic N) is 2. The Morgan fingerprint density at radius 1 is 1.50 bits per heavy atom. The van der Waals surface area contributed by atoms with E-state index in [0.717, 1.165) is 38.0 Å². The molecule has 0 aliphatic carbocycles. The molecule has 0 saturated heterocycles. The molecule has 0 aliphatic rings. The van der Waals surface area contributed by atoms with E-state index >= 15 is 0 Å². The second-order valence-corrected chi connectivity index (χ2v) is 4.51. The minimum atomic E-state index is 0.769. The van der Waals surface area contributed by atoms with E-state index in [1.54, 1.807) is 11.3 Å². The minimum Gasteiger partial charge on any atom is -0.380 e. The van der Waals surface area contributed by atoms with Crippen molar-refractivity contribution in [3.63, 3.8) is 0 Å². The number of aromatic nitrogens is 1. The van der Waals surface area contributed by atoms with Crippen molar-refractivity contribution in [2.75, 3.05) is 38.3 Å². The van der Waals surface area contributed by atoms with Gasteiger partial charge in [0.2, 0.25) is 0 Å². The van der Waals surface area contributed by atoms with Crippen molar-refractivity contribution in [3.05, 3.63) is 11.1 Å². The molecule has 16 heavy (non-hydrogen) atoms. The molecule has 0 unspecified atom stereocenters. The molecular weight excluding hydrogens is 222 g/mol. The van der Waals surface area contributed by atoms with Gasteiger partial charge in [-0.3, -0.25) is 0 Å². The Morgan fingerprint density at radius 3 is 2.94 bits per heavy atom. The van der Waals surface area contributed by atoms with Crippen LogP contribution in [0.3, 0.4) is 0 Å². The summed E-state index contributed by atoms with van der Waals surface area (Å²) in [5, 5.41) is 4.22. The molecule has 0 fully saturated rings. The summed E-state index contributed by atoms with van der Waals surface area (Å²) in [5.41, 5.74) is 0. The summed E-state index contributed by atoms with van der Waals surface area (Å²) in [6.45, 7) is 8.48. The van der Waals surface area contributed by atoms with Gasteiger partial charge in [-0.2, -0.15) is 0 Å². The number of hydrogen-bond donors (Lipinski definition) is 1. The van der Waals surface area contributed by atoms with Crippen LogP contribution >= 0.6 is 11.3 Å². The van der Waals surface area contributed by atoms with E-state index < -0.39 is 0 Å². The van der Waals surface area contributed by atoms with Crippen molar-refractivity contribution in [2.45, 2.75) is 20.4 Å². The average Bonchev–Trinajstić information content (AvgIpc) is 2.74. The zero-order valence-electron chi connectivity index (χ0n) is 10.3. The van der Waals surface area contributed by atoms with Gasteiger partial charge >= 0.3 is 0 Å². The molecule has 0 saturated carbocycles. The molecule has 0 aliphatic heterocycles. The second kappa shape index (κ2) is 7.60. The molecular formula is C11H21N3OS. The summed E-state index contributed by atoms with van der Waals surface area (Å²) < 4.78 is 5.36. The van der Waals surface area contributed by atoms with E-state index in [1.807, 2.05) is 20.2 Å². The molecule has 1 aromatic rings. The molecule has 92 valence electrons. The van der Waals surface area contributed by atoms with Gasteiger partial charge in [0.1, 0.15) is 0 Å². The maximum Gasteiger partial charge on any atom is 0.185 e. The Kier molecular flexibility index (Phi) is 6.37. The molecule has 1 aromatic heterocycles. The number of rotatable bonds is 8. The predicted molar refractivity (Wildman–Crippen MR) is 69.3 cm³/mol. The molecule has 5 heteroatoms. The lowest BCUT2D eigenvalue weighted by Crippen LogP contribution is -2.26. The van der Waals surface area contributed by atoms with Gasteiger partial charge in [-0.15, -0.1) is 11.3 Å². The minimum absolute atomic E-state index is 0.769. The van der Waals surface area contributed by atoms with Crippen LogP contribution in [0.15, 0.2) is 6.20 Å². The van der Waals surface area contributed by atoms with Crippen LogP contribution in [0.4, 0.5) is 5.13 Å². The van der Waals surface area contributed by atoms with Crippen LogP contribution < -0.4 is 10.2 Å². The summed E-state index contributed by atoms with van der Waals surface area (Å²) in [6.07, 6.45) is 1.94. The zero-order valence-corrected chi connectivity index (χ0v) is 11.1. The lowest BCUT2D eigenvalue weighted by Gasteiger charge is -2.19. The van der Waals surface area contributed by atoms with Crippen LogP contribution in [-0.4, -0.2) is 38.3 Å². The van der Waals surface area contributed by atoms with Crippen molar-refractivity contribution in [2.24, 2.45) is 0 Å². The molecule has 0 spiro atoms. The molecule has 0 bridgehead atoms. The molecule has 1 N–H and O–H groups in total. The first-order valence-corrected chi connectivity index (χ1v) is 6.55. The highest BCUT2D eigenvalue weighted by molar-refractivity contribution is 7.15. The normalized spacial score (nSPS) is 10.7. The van der Waals surface area contributed by atoms with Gasteiger partial charge in [-0.05, 0) is 20.9 Å². The van der Waals surface area contributed by atoms with Crippen LogP contribution in [0.2, 0.25) is 0 Å². The highest BCUT2D eigenvalue weighted by Crippen LogP contribution is 2.21. The van der Waals surface area contributed by atoms with E-state index in [9.17, 15) is 0 Å². The first kappa shape index (κ1) is 13.4. The number of nitrogens with one attached hydrogen (secondary N) is 1. The van der Waals surface area contributed by atoms with Crippen molar-refractivity contribution < 1.29 is 4.74 Å². The summed E-state index contributed by atoms with van der Waals surface area (Å²) in [6, 6.07) is 0. The summed E-state index contributed by atoms with van der Waals surface area (Å²) in [7, 11) is 1.95. The molecule has 0 amide bonds. The smallest absolute Gasteiger partial charge is 0.185 e. The molecule has 1 heterocycles. The second-order valence-electron chi connectivity index (χ2n) is 3.42. The van der Waals surface area contributed by atoms with Crippen molar-refractivity contribution in [1.82, 2.24) is 10.3 Å². The third kappa shape index (κ3) is 4.08. The number of ether oxygens (including phenoxy) is 1. The highest BCUT2D eigenvalue weighted by Gasteiger charge is 2.08. The van der Waals surface area contributed by atoms with Crippen LogP contribution in [0.5, 0.6) is 0 Å². The zero-order chi connectivity index (χ0) is 11.8. The fourth-order valence-corrected chi connectivity index (χ4v) is 2.42. The SMILES string of the molecule is CCOCCN(CC)c1ncc(CNC)s1. The van der Waals surface area contributed by atoms with Gasteiger partial charge in [0.25, 0.3) is 0 Å². The van der Waals surface area contributed by atoms with Gasteiger partial charge in [0.05, 0.1) is 6.61 Å². The van der Waals surface area contributed by atoms with Crippen LogP contribution in [0.25, 0.3) is 0 Å².